The second kappa shape index (κ2) is 7.41. The van der Waals surface area contributed by atoms with Crippen molar-refractivity contribution in [3.8, 4) is 0 Å². The van der Waals surface area contributed by atoms with Crippen LogP contribution >= 0.6 is 0 Å². The van der Waals surface area contributed by atoms with E-state index in [-0.39, 0.29) is 0 Å². The Bertz CT molecular complexity index is 278. The molecule has 0 radical (unpaired) electrons. The highest BCUT2D eigenvalue weighted by Crippen LogP contribution is 1.94. The van der Waals surface area contributed by atoms with Crippen LogP contribution in [0.1, 0.15) is 26.5 Å². The van der Waals surface area contributed by atoms with Gasteiger partial charge in [0.25, 0.3) is 0 Å². The van der Waals surface area contributed by atoms with Crippen LogP contribution in [0.25, 0.3) is 0 Å². The monoisotopic (exact) mass is 224 g/mol. The summed E-state index contributed by atoms with van der Waals surface area (Å²) in [6, 6.07) is 2.08. The molecule has 0 aliphatic rings. The molecule has 16 heavy (non-hydrogen) atoms. The first-order valence-corrected chi connectivity index (χ1v) is 6.25. The molecule has 0 bridgehead atoms. The van der Waals surface area contributed by atoms with Crippen LogP contribution in [0.4, 0.5) is 0 Å². The molecule has 0 unspecified atom stereocenters. The van der Waals surface area contributed by atoms with E-state index in [2.05, 4.69) is 42.2 Å². The fraction of sp³-hybridized carbons (Fsp3) is 0.750. The van der Waals surface area contributed by atoms with Gasteiger partial charge in [-0.25, -0.2) is 0 Å². The summed E-state index contributed by atoms with van der Waals surface area (Å²) in [7, 11) is 0. The molecule has 0 aliphatic heterocycles. The Morgan fingerprint density at radius 2 is 2.06 bits per heavy atom. The molecule has 1 aromatic heterocycles. The van der Waals surface area contributed by atoms with Crippen molar-refractivity contribution in [2.24, 2.45) is 0 Å². The number of likely N-dealkylation sites (N-methyl/N-ethyl adjacent to an activating group) is 1. The lowest BCUT2D eigenvalue weighted by molar-refractivity contribution is 0.302. The zero-order valence-corrected chi connectivity index (χ0v) is 10.7. The molecule has 1 aromatic rings. The molecular formula is C12H24N4. The summed E-state index contributed by atoms with van der Waals surface area (Å²) in [5.41, 5.74) is 1.13. The molecule has 0 saturated carbocycles. The maximum absolute atomic E-state index is 4.43. The van der Waals surface area contributed by atoms with E-state index in [0.717, 1.165) is 45.0 Å². The number of nitrogens with zero attached hydrogens (tertiary/aromatic N) is 3. The Balaban J connectivity index is 2.15. The molecule has 1 rings (SSSR count). The van der Waals surface area contributed by atoms with Gasteiger partial charge in [0.1, 0.15) is 0 Å². The third kappa shape index (κ3) is 4.33. The van der Waals surface area contributed by atoms with E-state index in [1.165, 1.54) is 0 Å². The average Bonchev–Trinajstić information content (AvgIpc) is 2.77. The standard InChI is InChI=1S/C12H24N4/c1-4-15(5-2)10-8-13-11-12-7-9-16(6-3)14-12/h7,9,13H,4-6,8,10-11H2,1-3H3. The van der Waals surface area contributed by atoms with E-state index in [0.29, 0.717) is 0 Å². The Labute approximate surface area is 98.6 Å². The first kappa shape index (κ1) is 13.2. The molecule has 0 fully saturated rings. The predicted molar refractivity (Wildman–Crippen MR) is 67.4 cm³/mol. The van der Waals surface area contributed by atoms with Gasteiger partial charge in [-0.3, -0.25) is 4.68 Å². The molecule has 0 amide bonds. The summed E-state index contributed by atoms with van der Waals surface area (Å²) in [6.45, 7) is 12.7. The molecular weight excluding hydrogens is 200 g/mol. The molecule has 1 N–H and O–H groups in total. The van der Waals surface area contributed by atoms with Gasteiger partial charge in [-0.1, -0.05) is 13.8 Å². The normalized spacial score (nSPS) is 11.2. The summed E-state index contributed by atoms with van der Waals surface area (Å²) in [5, 5.41) is 7.85. The smallest absolute Gasteiger partial charge is 0.0762 e. The van der Waals surface area contributed by atoms with Gasteiger partial charge < -0.3 is 10.2 Å². The van der Waals surface area contributed by atoms with E-state index in [4.69, 9.17) is 0 Å². The predicted octanol–water partition coefficient (Wildman–Crippen LogP) is 1.33. The minimum atomic E-state index is 0.869. The number of hydrogen-bond acceptors (Lipinski definition) is 3. The van der Waals surface area contributed by atoms with Gasteiger partial charge in [0.2, 0.25) is 0 Å². The largest absolute Gasteiger partial charge is 0.310 e. The maximum atomic E-state index is 4.43. The van der Waals surface area contributed by atoms with Gasteiger partial charge in [0.15, 0.2) is 0 Å². The average molecular weight is 224 g/mol. The molecule has 0 saturated heterocycles. The number of aromatic nitrogens is 2. The summed E-state index contributed by atoms with van der Waals surface area (Å²) in [4.78, 5) is 2.41. The van der Waals surface area contributed by atoms with E-state index in [1.807, 2.05) is 10.9 Å². The van der Waals surface area contributed by atoms with Crippen LogP contribution in [-0.4, -0.2) is 40.9 Å². The van der Waals surface area contributed by atoms with E-state index in [1.54, 1.807) is 0 Å². The van der Waals surface area contributed by atoms with Crippen LogP contribution < -0.4 is 5.32 Å². The van der Waals surface area contributed by atoms with Crippen LogP contribution in [0.5, 0.6) is 0 Å². The van der Waals surface area contributed by atoms with Crippen molar-refractivity contribution in [3.63, 3.8) is 0 Å². The summed E-state index contributed by atoms with van der Waals surface area (Å²) in [6.07, 6.45) is 2.03. The summed E-state index contributed by atoms with van der Waals surface area (Å²) < 4.78 is 1.96. The van der Waals surface area contributed by atoms with Crippen LogP contribution in [0.2, 0.25) is 0 Å². The van der Waals surface area contributed by atoms with Crippen LogP contribution in [0, 0.1) is 0 Å². The zero-order chi connectivity index (χ0) is 11.8. The van der Waals surface area contributed by atoms with Crippen molar-refractivity contribution in [2.45, 2.75) is 33.9 Å². The van der Waals surface area contributed by atoms with Crippen LogP contribution in [0.15, 0.2) is 12.3 Å². The summed E-state index contributed by atoms with van der Waals surface area (Å²) in [5.74, 6) is 0. The number of rotatable bonds is 8. The third-order valence-electron chi connectivity index (χ3n) is 2.83. The second-order valence-electron chi connectivity index (χ2n) is 3.87. The fourth-order valence-corrected chi connectivity index (χ4v) is 1.67. The van der Waals surface area contributed by atoms with Crippen molar-refractivity contribution in [1.82, 2.24) is 20.0 Å². The zero-order valence-electron chi connectivity index (χ0n) is 10.7. The van der Waals surface area contributed by atoms with Crippen LogP contribution in [-0.2, 0) is 13.1 Å². The van der Waals surface area contributed by atoms with Crippen molar-refractivity contribution >= 4 is 0 Å². The first-order valence-electron chi connectivity index (χ1n) is 6.25. The lowest BCUT2D eigenvalue weighted by Gasteiger charge is -2.17. The lowest BCUT2D eigenvalue weighted by atomic mass is 10.4. The molecule has 0 aliphatic carbocycles. The molecule has 0 aromatic carbocycles. The van der Waals surface area contributed by atoms with Crippen molar-refractivity contribution in [3.05, 3.63) is 18.0 Å². The fourth-order valence-electron chi connectivity index (χ4n) is 1.67. The topological polar surface area (TPSA) is 33.1 Å². The minimum Gasteiger partial charge on any atom is -0.310 e. The molecule has 4 heteroatoms. The molecule has 0 spiro atoms. The third-order valence-corrected chi connectivity index (χ3v) is 2.83. The molecule has 92 valence electrons. The molecule has 4 nitrogen and oxygen atoms in total. The number of aryl methyl sites for hydroxylation is 1. The molecule has 1 heterocycles. The SMILES string of the molecule is CCN(CC)CCNCc1ccn(CC)n1. The van der Waals surface area contributed by atoms with Gasteiger partial charge in [0.05, 0.1) is 5.69 Å². The molecule has 0 atom stereocenters. The van der Waals surface area contributed by atoms with E-state index < -0.39 is 0 Å². The summed E-state index contributed by atoms with van der Waals surface area (Å²) >= 11 is 0. The van der Waals surface area contributed by atoms with Gasteiger partial charge in [-0.2, -0.15) is 5.10 Å². The minimum absolute atomic E-state index is 0.869. The van der Waals surface area contributed by atoms with Gasteiger partial charge in [-0.15, -0.1) is 0 Å². The highest BCUT2D eigenvalue weighted by molar-refractivity contribution is 4.98. The quantitative estimate of drug-likeness (QED) is 0.676. The Hall–Kier alpha value is -0.870. The Morgan fingerprint density at radius 1 is 1.31 bits per heavy atom. The Kier molecular flexibility index (Phi) is 6.11. The van der Waals surface area contributed by atoms with Crippen molar-refractivity contribution in [2.75, 3.05) is 26.2 Å². The number of hydrogen-bond donors (Lipinski definition) is 1. The van der Waals surface area contributed by atoms with E-state index in [9.17, 15) is 0 Å². The second-order valence-corrected chi connectivity index (χ2v) is 3.87. The van der Waals surface area contributed by atoms with Crippen molar-refractivity contribution < 1.29 is 0 Å². The van der Waals surface area contributed by atoms with Crippen LogP contribution in [0.3, 0.4) is 0 Å². The van der Waals surface area contributed by atoms with Gasteiger partial charge >= 0.3 is 0 Å². The highest BCUT2D eigenvalue weighted by atomic mass is 15.3. The van der Waals surface area contributed by atoms with Crippen molar-refractivity contribution in [1.29, 1.82) is 0 Å². The highest BCUT2D eigenvalue weighted by Gasteiger charge is 1.99. The lowest BCUT2D eigenvalue weighted by Crippen LogP contribution is -2.31. The first-order chi connectivity index (χ1) is 7.80. The van der Waals surface area contributed by atoms with E-state index >= 15 is 0 Å². The number of nitrogens with one attached hydrogen (secondary N) is 1. The maximum Gasteiger partial charge on any atom is 0.0762 e. The van der Waals surface area contributed by atoms with Gasteiger partial charge in [0, 0.05) is 32.4 Å². The Morgan fingerprint density at radius 3 is 2.62 bits per heavy atom. The van der Waals surface area contributed by atoms with Gasteiger partial charge in [-0.05, 0) is 26.1 Å².